The lowest BCUT2D eigenvalue weighted by Gasteiger charge is -2.12. The van der Waals surface area contributed by atoms with Crippen molar-refractivity contribution in [2.45, 2.75) is 24.6 Å². The summed E-state index contributed by atoms with van der Waals surface area (Å²) >= 11 is 3.05. The lowest BCUT2D eigenvalue weighted by Crippen LogP contribution is -2.40. The average Bonchev–Trinajstić information content (AvgIpc) is 2.03. The molecule has 12 heavy (non-hydrogen) atoms. The summed E-state index contributed by atoms with van der Waals surface area (Å²) in [6.45, 7) is 1.85. The molecule has 2 N–H and O–H groups in total. The van der Waals surface area contributed by atoms with Gasteiger partial charge in [-0.3, -0.25) is 14.9 Å². The zero-order valence-corrected chi connectivity index (χ0v) is 8.08. The molecule has 0 bridgehead atoms. The van der Waals surface area contributed by atoms with E-state index in [1.807, 2.05) is 5.32 Å². The largest absolute Gasteiger partial charge is 0.419 e. The van der Waals surface area contributed by atoms with E-state index in [0.717, 1.165) is 0 Å². The molecule has 2 atom stereocenters. The third kappa shape index (κ3) is 4.30. The van der Waals surface area contributed by atoms with Crippen LogP contribution >= 0.6 is 15.9 Å². The highest BCUT2D eigenvalue weighted by molar-refractivity contribution is 9.10. The van der Waals surface area contributed by atoms with E-state index in [4.69, 9.17) is 5.11 Å². The number of ether oxygens (including phenoxy) is 1. The highest BCUT2D eigenvalue weighted by Crippen LogP contribution is 2.03. The van der Waals surface area contributed by atoms with E-state index >= 15 is 0 Å². The van der Waals surface area contributed by atoms with Gasteiger partial charge in [0, 0.05) is 0 Å². The number of nitrogens with one attached hydrogen (secondary N) is 1. The number of halogens is 1. The molecule has 0 saturated heterocycles. The maximum absolute atomic E-state index is 10.9. The minimum atomic E-state index is -1.57. The first-order valence-electron chi connectivity index (χ1n) is 3.33. The zero-order chi connectivity index (χ0) is 9.56. The molecule has 0 aromatic rings. The Bertz CT molecular complexity index is 164. The highest BCUT2D eigenvalue weighted by atomic mass is 79.9. The Morgan fingerprint density at radius 2 is 2.42 bits per heavy atom. The molecule has 0 radical (unpaired) electrons. The van der Waals surface area contributed by atoms with Gasteiger partial charge in [0.15, 0.2) is 0 Å². The summed E-state index contributed by atoms with van der Waals surface area (Å²) in [5.41, 5.74) is 0. The Balaban J connectivity index is 3.75. The number of aliphatic hydroxyl groups excluding tert-OH is 1. The van der Waals surface area contributed by atoms with Gasteiger partial charge in [0.25, 0.3) is 12.9 Å². The first-order valence-corrected chi connectivity index (χ1v) is 4.25. The maximum atomic E-state index is 10.9. The van der Waals surface area contributed by atoms with Crippen LogP contribution in [0.3, 0.4) is 0 Å². The third-order valence-electron chi connectivity index (χ3n) is 1.09. The topological polar surface area (TPSA) is 75.6 Å². The summed E-state index contributed by atoms with van der Waals surface area (Å²) < 4.78 is 4.03. The third-order valence-corrected chi connectivity index (χ3v) is 2.16. The van der Waals surface area contributed by atoms with E-state index in [-0.39, 0.29) is 11.3 Å². The van der Waals surface area contributed by atoms with E-state index in [9.17, 15) is 9.59 Å². The van der Waals surface area contributed by atoms with E-state index < -0.39 is 12.3 Å². The SMILES string of the molecule is CCC(Br)C(=O)NC(O)OC=O. The summed E-state index contributed by atoms with van der Waals surface area (Å²) in [5.74, 6) is -0.424. The molecule has 70 valence electrons. The molecule has 5 nitrogen and oxygen atoms in total. The Kier molecular flexibility index (Phi) is 5.65. The van der Waals surface area contributed by atoms with Gasteiger partial charge in [0.1, 0.15) is 0 Å². The minimum Gasteiger partial charge on any atom is -0.419 e. The first kappa shape index (κ1) is 11.4. The van der Waals surface area contributed by atoms with Crippen LogP contribution < -0.4 is 5.32 Å². The Morgan fingerprint density at radius 1 is 1.83 bits per heavy atom. The summed E-state index contributed by atoms with van der Waals surface area (Å²) in [6, 6.07) is 0. The summed E-state index contributed by atoms with van der Waals surface area (Å²) in [4.78, 5) is 20.2. The van der Waals surface area contributed by atoms with Crippen LogP contribution in [0, 0.1) is 0 Å². The molecular formula is C6H10BrNO4. The molecule has 0 spiro atoms. The number of aliphatic hydroxyl groups is 1. The zero-order valence-electron chi connectivity index (χ0n) is 6.49. The Labute approximate surface area is 78.2 Å². The summed E-state index contributed by atoms with van der Waals surface area (Å²) in [7, 11) is 0. The smallest absolute Gasteiger partial charge is 0.296 e. The van der Waals surface area contributed by atoms with E-state index in [0.29, 0.717) is 6.42 Å². The molecular weight excluding hydrogens is 230 g/mol. The van der Waals surface area contributed by atoms with Gasteiger partial charge in [-0.25, -0.2) is 0 Å². The van der Waals surface area contributed by atoms with Crippen molar-refractivity contribution >= 4 is 28.3 Å². The molecule has 0 rings (SSSR count). The monoisotopic (exact) mass is 239 g/mol. The van der Waals surface area contributed by atoms with Gasteiger partial charge in [-0.1, -0.05) is 22.9 Å². The van der Waals surface area contributed by atoms with Gasteiger partial charge in [0.2, 0.25) is 5.91 Å². The molecule has 0 aromatic carbocycles. The number of alkyl halides is 1. The minimum absolute atomic E-state index is 0.0557. The van der Waals surface area contributed by atoms with Crippen molar-refractivity contribution in [1.29, 1.82) is 0 Å². The van der Waals surface area contributed by atoms with Crippen LogP contribution in [0.25, 0.3) is 0 Å². The van der Waals surface area contributed by atoms with Gasteiger partial charge >= 0.3 is 0 Å². The Hall–Kier alpha value is -0.620. The number of carbonyl (C=O) groups is 2. The fraction of sp³-hybridized carbons (Fsp3) is 0.667. The standard InChI is InChI=1S/C6H10BrNO4/c1-2-4(7)5(10)8-6(11)12-3-9/h3-4,6,11H,2H2,1H3,(H,8,10). The van der Waals surface area contributed by atoms with Crippen LogP contribution in [0.5, 0.6) is 0 Å². The highest BCUT2D eigenvalue weighted by Gasteiger charge is 2.15. The van der Waals surface area contributed by atoms with E-state index in [1.165, 1.54) is 0 Å². The summed E-state index contributed by atoms with van der Waals surface area (Å²) in [5, 5.41) is 10.8. The normalized spacial score (nSPS) is 14.6. The predicted molar refractivity (Wildman–Crippen MR) is 44.3 cm³/mol. The average molecular weight is 240 g/mol. The summed E-state index contributed by atoms with van der Waals surface area (Å²) in [6.07, 6.45) is -0.985. The van der Waals surface area contributed by atoms with Crippen LogP contribution in [0.4, 0.5) is 0 Å². The number of rotatable bonds is 5. The van der Waals surface area contributed by atoms with Gasteiger partial charge in [-0.2, -0.15) is 0 Å². The lowest BCUT2D eigenvalue weighted by atomic mass is 10.3. The molecule has 0 fully saturated rings. The van der Waals surface area contributed by atoms with Gasteiger partial charge in [-0.15, -0.1) is 0 Å². The Morgan fingerprint density at radius 3 is 2.83 bits per heavy atom. The molecule has 0 aromatic heterocycles. The van der Waals surface area contributed by atoms with Crippen molar-refractivity contribution in [1.82, 2.24) is 5.32 Å². The van der Waals surface area contributed by atoms with Crippen molar-refractivity contribution in [3.8, 4) is 0 Å². The van der Waals surface area contributed by atoms with Crippen LogP contribution in [0.15, 0.2) is 0 Å². The quantitative estimate of drug-likeness (QED) is 0.394. The second kappa shape index (κ2) is 5.96. The molecule has 6 heteroatoms. The number of hydrogen-bond donors (Lipinski definition) is 2. The van der Waals surface area contributed by atoms with Gasteiger partial charge in [-0.05, 0) is 6.42 Å². The lowest BCUT2D eigenvalue weighted by molar-refractivity contribution is -0.160. The molecule has 2 unspecified atom stereocenters. The van der Waals surface area contributed by atoms with E-state index in [2.05, 4.69) is 20.7 Å². The molecule has 0 aliphatic heterocycles. The van der Waals surface area contributed by atoms with E-state index in [1.54, 1.807) is 6.92 Å². The molecule has 0 heterocycles. The second-order valence-corrected chi connectivity index (χ2v) is 3.07. The maximum Gasteiger partial charge on any atom is 0.296 e. The van der Waals surface area contributed by atoms with Gasteiger partial charge < -0.3 is 9.84 Å². The first-order chi connectivity index (χ1) is 5.61. The molecule has 0 aliphatic rings. The second-order valence-electron chi connectivity index (χ2n) is 1.97. The van der Waals surface area contributed by atoms with Crippen LogP contribution in [0.1, 0.15) is 13.3 Å². The fourth-order valence-electron chi connectivity index (χ4n) is 0.484. The fourth-order valence-corrected chi connectivity index (χ4v) is 0.616. The molecule has 1 amide bonds. The van der Waals surface area contributed by atoms with Crippen molar-refractivity contribution in [3.05, 3.63) is 0 Å². The van der Waals surface area contributed by atoms with Crippen molar-refractivity contribution in [3.63, 3.8) is 0 Å². The number of hydrogen-bond acceptors (Lipinski definition) is 4. The number of amides is 1. The van der Waals surface area contributed by atoms with Crippen LogP contribution in [-0.4, -0.2) is 28.7 Å². The molecule has 0 aliphatic carbocycles. The van der Waals surface area contributed by atoms with Crippen LogP contribution in [-0.2, 0) is 14.3 Å². The van der Waals surface area contributed by atoms with Crippen molar-refractivity contribution in [2.75, 3.05) is 0 Å². The predicted octanol–water partition coefficient (Wildman–Crippen LogP) is -0.275. The van der Waals surface area contributed by atoms with Gasteiger partial charge in [0.05, 0.1) is 4.83 Å². The van der Waals surface area contributed by atoms with Crippen LogP contribution in [0.2, 0.25) is 0 Å². The molecule has 0 saturated carbocycles. The van der Waals surface area contributed by atoms with Crippen molar-refractivity contribution in [2.24, 2.45) is 0 Å². The van der Waals surface area contributed by atoms with Crippen molar-refractivity contribution < 1.29 is 19.4 Å². The number of carbonyl (C=O) groups excluding carboxylic acids is 2.